The molecule has 0 bridgehead atoms. The van der Waals surface area contributed by atoms with Crippen LogP contribution < -0.4 is 0 Å². The van der Waals surface area contributed by atoms with Gasteiger partial charge in [0.15, 0.2) is 5.78 Å². The molecule has 0 saturated carbocycles. The fraction of sp³-hybridized carbons (Fsp3) is 0.438. The van der Waals surface area contributed by atoms with E-state index in [9.17, 15) is 4.79 Å². The van der Waals surface area contributed by atoms with Gasteiger partial charge < -0.3 is 0 Å². The summed E-state index contributed by atoms with van der Waals surface area (Å²) in [4.78, 5) is 13.9. The summed E-state index contributed by atoms with van der Waals surface area (Å²) in [5, 5.41) is 0. The van der Waals surface area contributed by atoms with E-state index in [0.717, 1.165) is 38.9 Å². The summed E-state index contributed by atoms with van der Waals surface area (Å²) < 4.78 is 0. The molecule has 1 saturated heterocycles. The smallest absolute Gasteiger partial charge is 0.155 e. The van der Waals surface area contributed by atoms with E-state index in [2.05, 4.69) is 35.2 Å². The standard InChI is InChI=1S/C16H19NO.ClH/c18-16-7-6-15-12-17(9-8-14(15)10-16)11-13-4-2-1-3-5-13;/h1-5,10,15H,6-9,11-12H2;1H. The van der Waals surface area contributed by atoms with Crippen LogP contribution in [-0.4, -0.2) is 23.8 Å². The van der Waals surface area contributed by atoms with Crippen molar-refractivity contribution >= 4 is 18.2 Å². The van der Waals surface area contributed by atoms with E-state index >= 15 is 0 Å². The second-order valence-electron chi connectivity index (χ2n) is 5.39. The monoisotopic (exact) mass is 277 g/mol. The lowest BCUT2D eigenvalue weighted by Crippen LogP contribution is -2.37. The molecule has 1 fully saturated rings. The number of piperidine rings is 1. The number of carbonyl (C=O) groups excluding carboxylic acids is 1. The summed E-state index contributed by atoms with van der Waals surface area (Å²) >= 11 is 0. The molecule has 1 aliphatic carbocycles. The molecular weight excluding hydrogens is 258 g/mol. The number of allylic oxidation sites excluding steroid dienone is 1. The zero-order valence-corrected chi connectivity index (χ0v) is 11.9. The lowest BCUT2D eigenvalue weighted by atomic mass is 9.82. The molecule has 1 atom stereocenters. The van der Waals surface area contributed by atoms with E-state index in [-0.39, 0.29) is 12.4 Å². The van der Waals surface area contributed by atoms with Gasteiger partial charge in [-0.1, -0.05) is 35.9 Å². The molecule has 1 heterocycles. The van der Waals surface area contributed by atoms with E-state index in [4.69, 9.17) is 0 Å². The number of fused-ring (bicyclic) bond motifs is 1. The Morgan fingerprint density at radius 2 is 1.95 bits per heavy atom. The third kappa shape index (κ3) is 3.46. The minimum absolute atomic E-state index is 0. The number of rotatable bonds is 2. The second-order valence-corrected chi connectivity index (χ2v) is 5.39. The van der Waals surface area contributed by atoms with Crippen LogP contribution in [0.25, 0.3) is 0 Å². The van der Waals surface area contributed by atoms with Gasteiger partial charge in [-0.15, -0.1) is 12.4 Å². The molecule has 102 valence electrons. The first-order chi connectivity index (χ1) is 8.81. The lowest BCUT2D eigenvalue weighted by Gasteiger charge is -2.36. The number of hydrogen-bond acceptors (Lipinski definition) is 2. The van der Waals surface area contributed by atoms with Crippen LogP contribution in [0.15, 0.2) is 42.0 Å². The molecule has 0 N–H and O–H groups in total. The zero-order valence-electron chi connectivity index (χ0n) is 11.0. The van der Waals surface area contributed by atoms with Crippen molar-refractivity contribution in [3.05, 3.63) is 47.5 Å². The molecule has 1 unspecified atom stereocenters. The van der Waals surface area contributed by atoms with Crippen LogP contribution in [0, 0.1) is 5.92 Å². The molecule has 0 spiro atoms. The van der Waals surface area contributed by atoms with Crippen LogP contribution in [0.5, 0.6) is 0 Å². The average Bonchev–Trinajstić information content (AvgIpc) is 2.40. The predicted octanol–water partition coefficient (Wildman–Crippen LogP) is 3.22. The Morgan fingerprint density at radius 3 is 2.74 bits per heavy atom. The Morgan fingerprint density at radius 1 is 1.16 bits per heavy atom. The maximum Gasteiger partial charge on any atom is 0.155 e. The van der Waals surface area contributed by atoms with Crippen molar-refractivity contribution in [3.8, 4) is 0 Å². The van der Waals surface area contributed by atoms with E-state index in [1.807, 2.05) is 6.08 Å². The van der Waals surface area contributed by atoms with Gasteiger partial charge in [0, 0.05) is 26.1 Å². The fourth-order valence-electron chi connectivity index (χ4n) is 3.06. The Balaban J connectivity index is 0.00000133. The van der Waals surface area contributed by atoms with Gasteiger partial charge >= 0.3 is 0 Å². The minimum Gasteiger partial charge on any atom is -0.298 e. The normalized spacial score (nSPS) is 23.3. The Bertz CT molecular complexity index is 469. The molecule has 1 aromatic rings. The van der Waals surface area contributed by atoms with E-state index in [1.54, 1.807) is 0 Å². The maximum absolute atomic E-state index is 11.4. The average molecular weight is 278 g/mol. The molecule has 1 aliphatic heterocycles. The molecule has 3 rings (SSSR count). The van der Waals surface area contributed by atoms with Gasteiger partial charge in [0.2, 0.25) is 0 Å². The van der Waals surface area contributed by atoms with Gasteiger partial charge in [0.25, 0.3) is 0 Å². The van der Waals surface area contributed by atoms with Crippen LogP contribution in [0.4, 0.5) is 0 Å². The van der Waals surface area contributed by atoms with Crippen molar-refractivity contribution in [2.45, 2.75) is 25.8 Å². The number of nitrogens with zero attached hydrogens (tertiary/aromatic N) is 1. The predicted molar refractivity (Wildman–Crippen MR) is 79.4 cm³/mol. The highest BCUT2D eigenvalue weighted by atomic mass is 35.5. The molecule has 0 amide bonds. The van der Waals surface area contributed by atoms with Crippen molar-refractivity contribution in [3.63, 3.8) is 0 Å². The number of carbonyl (C=O) groups is 1. The molecule has 0 aromatic heterocycles. The van der Waals surface area contributed by atoms with Gasteiger partial charge in [0.1, 0.15) is 0 Å². The van der Waals surface area contributed by atoms with Crippen molar-refractivity contribution in [2.24, 2.45) is 5.92 Å². The summed E-state index contributed by atoms with van der Waals surface area (Å²) in [6, 6.07) is 10.6. The SMILES string of the molecule is Cl.O=C1C=C2CCN(Cc3ccccc3)CC2CC1. The number of likely N-dealkylation sites (tertiary alicyclic amines) is 1. The Kier molecular flexibility index (Phi) is 4.78. The third-order valence-electron chi connectivity index (χ3n) is 4.05. The first-order valence-electron chi connectivity index (χ1n) is 6.81. The first-order valence-corrected chi connectivity index (χ1v) is 6.81. The highest BCUT2D eigenvalue weighted by Crippen LogP contribution is 2.30. The van der Waals surface area contributed by atoms with Crippen LogP contribution >= 0.6 is 12.4 Å². The molecule has 2 aliphatic rings. The fourth-order valence-corrected chi connectivity index (χ4v) is 3.06. The summed E-state index contributed by atoms with van der Waals surface area (Å²) in [6.45, 7) is 3.25. The number of hydrogen-bond donors (Lipinski definition) is 0. The van der Waals surface area contributed by atoms with Crippen LogP contribution in [0.1, 0.15) is 24.8 Å². The Hall–Kier alpha value is -1.12. The second kappa shape index (κ2) is 6.36. The van der Waals surface area contributed by atoms with Crippen LogP contribution in [0.3, 0.4) is 0 Å². The topological polar surface area (TPSA) is 20.3 Å². The highest BCUT2D eigenvalue weighted by Gasteiger charge is 2.27. The molecule has 0 radical (unpaired) electrons. The van der Waals surface area contributed by atoms with Crippen molar-refractivity contribution in [1.82, 2.24) is 4.90 Å². The van der Waals surface area contributed by atoms with E-state index in [1.165, 1.54) is 11.1 Å². The lowest BCUT2D eigenvalue weighted by molar-refractivity contribution is -0.115. The number of ketones is 1. The molecular formula is C16H20ClNO. The quantitative estimate of drug-likeness (QED) is 0.827. The van der Waals surface area contributed by atoms with Gasteiger partial charge in [-0.2, -0.15) is 0 Å². The van der Waals surface area contributed by atoms with Crippen LogP contribution in [-0.2, 0) is 11.3 Å². The summed E-state index contributed by atoms with van der Waals surface area (Å²) in [5.74, 6) is 0.956. The highest BCUT2D eigenvalue weighted by molar-refractivity contribution is 5.91. The van der Waals surface area contributed by atoms with Crippen molar-refractivity contribution in [1.29, 1.82) is 0 Å². The minimum atomic E-state index is 0. The number of halogens is 1. The summed E-state index contributed by atoms with van der Waals surface area (Å²) in [6.07, 6.45) is 4.78. The summed E-state index contributed by atoms with van der Waals surface area (Å²) in [7, 11) is 0. The third-order valence-corrected chi connectivity index (χ3v) is 4.05. The van der Waals surface area contributed by atoms with Crippen molar-refractivity contribution < 1.29 is 4.79 Å². The molecule has 3 heteroatoms. The summed E-state index contributed by atoms with van der Waals surface area (Å²) in [5.41, 5.74) is 2.78. The molecule has 1 aromatic carbocycles. The van der Waals surface area contributed by atoms with Gasteiger partial charge in [-0.25, -0.2) is 0 Å². The van der Waals surface area contributed by atoms with Gasteiger partial charge in [-0.05, 0) is 30.4 Å². The van der Waals surface area contributed by atoms with Gasteiger partial charge in [-0.3, -0.25) is 9.69 Å². The van der Waals surface area contributed by atoms with E-state index < -0.39 is 0 Å². The maximum atomic E-state index is 11.4. The zero-order chi connectivity index (χ0) is 12.4. The molecule has 2 nitrogen and oxygen atoms in total. The first kappa shape index (κ1) is 14.3. The Labute approximate surface area is 120 Å². The largest absolute Gasteiger partial charge is 0.298 e. The van der Waals surface area contributed by atoms with Crippen LogP contribution in [0.2, 0.25) is 0 Å². The molecule has 19 heavy (non-hydrogen) atoms. The number of benzene rings is 1. The van der Waals surface area contributed by atoms with E-state index in [0.29, 0.717) is 11.7 Å². The van der Waals surface area contributed by atoms with Crippen molar-refractivity contribution in [2.75, 3.05) is 13.1 Å². The van der Waals surface area contributed by atoms with Gasteiger partial charge in [0.05, 0.1) is 0 Å².